The molecule has 2 aromatic rings. The Hall–Kier alpha value is -3.39. The molecule has 7 nitrogen and oxygen atoms in total. The van der Waals surface area contributed by atoms with Crippen molar-refractivity contribution in [2.45, 2.75) is 6.92 Å². The molecule has 8 heteroatoms. The summed E-state index contributed by atoms with van der Waals surface area (Å²) in [4.78, 5) is 50.0. The topological polar surface area (TPSA) is 95.6 Å². The highest BCUT2D eigenvalue weighted by Gasteiger charge is 2.34. The Kier molecular flexibility index (Phi) is 7.03. The third kappa shape index (κ3) is 5.57. The number of aryl methyl sites for hydroxylation is 1. The fourth-order valence-electron chi connectivity index (χ4n) is 2.73. The van der Waals surface area contributed by atoms with Crippen LogP contribution in [0.3, 0.4) is 0 Å². The van der Waals surface area contributed by atoms with Gasteiger partial charge in [-0.05, 0) is 42.5 Å². The molecule has 0 radical (unpaired) electrons. The molecule has 1 saturated heterocycles. The molecular weight excluding hydrogens is 402 g/mol. The van der Waals surface area contributed by atoms with Crippen molar-refractivity contribution in [2.24, 2.45) is 0 Å². The number of nitrogens with one attached hydrogen (secondary N) is 2. The van der Waals surface area contributed by atoms with Crippen LogP contribution in [0.4, 0.5) is 4.79 Å². The normalized spacial score (nSPS) is 14.8. The lowest BCUT2D eigenvalue weighted by Crippen LogP contribution is -2.41. The van der Waals surface area contributed by atoms with E-state index < -0.39 is 5.91 Å². The summed E-state index contributed by atoms with van der Waals surface area (Å²) in [6.45, 7) is 1.90. The second kappa shape index (κ2) is 9.89. The van der Waals surface area contributed by atoms with E-state index in [1.807, 2.05) is 49.4 Å². The molecule has 0 aliphatic carbocycles. The number of nitrogens with zero attached hydrogens (tertiary/aromatic N) is 1. The van der Waals surface area contributed by atoms with Crippen molar-refractivity contribution in [3.05, 3.63) is 76.2 Å². The number of hydrogen-bond acceptors (Lipinski definition) is 5. The van der Waals surface area contributed by atoms with Gasteiger partial charge in [0.25, 0.3) is 17.1 Å². The largest absolute Gasteiger partial charge is 0.353 e. The van der Waals surface area contributed by atoms with Crippen molar-refractivity contribution in [3.63, 3.8) is 0 Å². The Morgan fingerprint density at radius 3 is 2.40 bits per heavy atom. The van der Waals surface area contributed by atoms with Crippen molar-refractivity contribution in [1.82, 2.24) is 15.5 Å². The molecule has 1 aliphatic heterocycles. The summed E-state index contributed by atoms with van der Waals surface area (Å²) in [6.07, 6.45) is 1.67. The average Bonchev–Trinajstić information content (AvgIpc) is 3.00. The standard InChI is InChI=1S/C22H21N3O4S/c1-15-7-9-17(10-8-15)20(27)24-14-19(26)23-11-12-25-21(28)18(30-22(25)29)13-16-5-3-2-4-6-16/h2-10,13H,11-12,14H2,1H3,(H,23,26)(H,24,27)/b18-13+. The number of carbonyl (C=O) groups is 4. The zero-order valence-electron chi connectivity index (χ0n) is 16.4. The molecule has 1 fully saturated rings. The molecule has 0 atom stereocenters. The van der Waals surface area contributed by atoms with Crippen LogP contribution < -0.4 is 10.6 Å². The third-order valence-corrected chi connectivity index (χ3v) is 5.26. The van der Waals surface area contributed by atoms with E-state index in [0.717, 1.165) is 27.8 Å². The maximum Gasteiger partial charge on any atom is 0.293 e. The quantitative estimate of drug-likeness (QED) is 0.668. The summed E-state index contributed by atoms with van der Waals surface area (Å²) in [7, 11) is 0. The van der Waals surface area contributed by atoms with Gasteiger partial charge in [-0.2, -0.15) is 0 Å². The lowest BCUT2D eigenvalue weighted by molar-refractivity contribution is -0.124. The second-order valence-electron chi connectivity index (χ2n) is 6.64. The van der Waals surface area contributed by atoms with Gasteiger partial charge in [0.2, 0.25) is 5.91 Å². The Morgan fingerprint density at radius 2 is 1.70 bits per heavy atom. The molecule has 4 amide bonds. The first-order valence-electron chi connectivity index (χ1n) is 9.36. The fraction of sp³-hybridized carbons (Fsp3) is 0.182. The lowest BCUT2D eigenvalue weighted by atomic mass is 10.1. The molecule has 3 rings (SSSR count). The zero-order valence-corrected chi connectivity index (χ0v) is 17.2. The molecule has 0 bridgehead atoms. The van der Waals surface area contributed by atoms with Gasteiger partial charge < -0.3 is 10.6 Å². The van der Waals surface area contributed by atoms with E-state index in [-0.39, 0.29) is 36.7 Å². The van der Waals surface area contributed by atoms with Gasteiger partial charge in [-0.25, -0.2) is 0 Å². The Balaban J connectivity index is 1.44. The number of amides is 4. The smallest absolute Gasteiger partial charge is 0.293 e. The highest BCUT2D eigenvalue weighted by molar-refractivity contribution is 8.18. The average molecular weight is 423 g/mol. The summed E-state index contributed by atoms with van der Waals surface area (Å²) < 4.78 is 0. The molecule has 0 unspecified atom stereocenters. The van der Waals surface area contributed by atoms with Crippen molar-refractivity contribution >= 4 is 40.8 Å². The van der Waals surface area contributed by atoms with Gasteiger partial charge in [-0.3, -0.25) is 24.1 Å². The summed E-state index contributed by atoms with van der Waals surface area (Å²) in [5, 5.41) is 4.77. The van der Waals surface area contributed by atoms with Crippen molar-refractivity contribution in [3.8, 4) is 0 Å². The monoisotopic (exact) mass is 423 g/mol. The summed E-state index contributed by atoms with van der Waals surface area (Å²) in [5.74, 6) is -1.12. The van der Waals surface area contributed by atoms with E-state index in [0.29, 0.717) is 10.5 Å². The molecule has 1 heterocycles. The predicted molar refractivity (Wildman–Crippen MR) is 116 cm³/mol. The van der Waals surface area contributed by atoms with E-state index in [1.54, 1.807) is 18.2 Å². The van der Waals surface area contributed by atoms with Crippen LogP contribution >= 0.6 is 11.8 Å². The molecule has 2 N–H and O–H groups in total. The van der Waals surface area contributed by atoms with Crippen LogP contribution in [-0.2, 0) is 9.59 Å². The first kappa shape index (κ1) is 21.3. The van der Waals surface area contributed by atoms with Gasteiger partial charge in [0.05, 0.1) is 11.4 Å². The number of benzene rings is 2. The number of rotatable bonds is 7. The van der Waals surface area contributed by atoms with Crippen molar-refractivity contribution < 1.29 is 19.2 Å². The predicted octanol–water partition coefficient (Wildman–Crippen LogP) is 2.58. The summed E-state index contributed by atoms with van der Waals surface area (Å²) >= 11 is 0.877. The van der Waals surface area contributed by atoms with E-state index in [9.17, 15) is 19.2 Å². The molecule has 0 aromatic heterocycles. The van der Waals surface area contributed by atoms with Crippen LogP contribution in [0.5, 0.6) is 0 Å². The minimum absolute atomic E-state index is 0.0639. The molecule has 1 aliphatic rings. The van der Waals surface area contributed by atoms with E-state index in [4.69, 9.17) is 0 Å². The second-order valence-corrected chi connectivity index (χ2v) is 7.64. The molecule has 0 spiro atoms. The molecule has 30 heavy (non-hydrogen) atoms. The minimum Gasteiger partial charge on any atom is -0.353 e. The van der Waals surface area contributed by atoms with Crippen molar-refractivity contribution in [1.29, 1.82) is 0 Å². The molecular formula is C22H21N3O4S. The van der Waals surface area contributed by atoms with Gasteiger partial charge in [0.1, 0.15) is 0 Å². The third-order valence-electron chi connectivity index (χ3n) is 4.35. The molecule has 2 aromatic carbocycles. The number of thioether (sulfide) groups is 1. The van der Waals surface area contributed by atoms with Gasteiger partial charge in [-0.1, -0.05) is 48.0 Å². The Labute approximate surface area is 178 Å². The van der Waals surface area contributed by atoms with Crippen molar-refractivity contribution in [2.75, 3.05) is 19.6 Å². The number of carbonyl (C=O) groups excluding carboxylic acids is 4. The van der Waals surface area contributed by atoms with E-state index >= 15 is 0 Å². The maximum atomic E-state index is 12.4. The number of hydrogen-bond donors (Lipinski definition) is 2. The van der Waals surface area contributed by atoms with Crippen LogP contribution in [-0.4, -0.2) is 47.5 Å². The SMILES string of the molecule is Cc1ccc(C(=O)NCC(=O)NCCN2C(=O)S/C(=C/c3ccccc3)C2=O)cc1. The molecule has 0 saturated carbocycles. The van der Waals surface area contributed by atoms with Gasteiger partial charge in [0.15, 0.2) is 0 Å². The highest BCUT2D eigenvalue weighted by atomic mass is 32.2. The first-order valence-corrected chi connectivity index (χ1v) is 10.2. The van der Waals surface area contributed by atoms with Crippen LogP contribution in [0.2, 0.25) is 0 Å². The summed E-state index contributed by atoms with van der Waals surface area (Å²) in [6, 6.07) is 16.3. The van der Waals surface area contributed by atoms with Crippen LogP contribution in [0.1, 0.15) is 21.5 Å². The Morgan fingerprint density at radius 1 is 1.00 bits per heavy atom. The summed E-state index contributed by atoms with van der Waals surface area (Å²) in [5.41, 5.74) is 2.34. The maximum absolute atomic E-state index is 12.4. The van der Waals surface area contributed by atoms with Gasteiger partial charge in [0, 0.05) is 18.7 Å². The van der Waals surface area contributed by atoms with Crippen LogP contribution in [0.15, 0.2) is 59.5 Å². The van der Waals surface area contributed by atoms with Gasteiger partial charge in [-0.15, -0.1) is 0 Å². The number of imide groups is 1. The Bertz CT molecular complexity index is 987. The van der Waals surface area contributed by atoms with E-state index in [1.165, 1.54) is 0 Å². The molecule has 154 valence electrons. The lowest BCUT2D eigenvalue weighted by Gasteiger charge is -2.13. The first-order chi connectivity index (χ1) is 14.4. The zero-order chi connectivity index (χ0) is 21.5. The highest BCUT2D eigenvalue weighted by Crippen LogP contribution is 2.31. The van der Waals surface area contributed by atoms with Gasteiger partial charge >= 0.3 is 0 Å². The van der Waals surface area contributed by atoms with Crippen LogP contribution in [0, 0.1) is 6.92 Å². The van der Waals surface area contributed by atoms with Crippen LogP contribution in [0.25, 0.3) is 6.08 Å². The van der Waals surface area contributed by atoms with E-state index in [2.05, 4.69) is 10.6 Å². The fourth-order valence-corrected chi connectivity index (χ4v) is 3.60. The minimum atomic E-state index is -0.401.